The highest BCUT2D eigenvalue weighted by Crippen LogP contribution is 2.40. The molecule has 7 heteroatoms. The van der Waals surface area contributed by atoms with E-state index >= 15 is 0 Å². The highest BCUT2D eigenvalue weighted by Gasteiger charge is 2.32. The number of hydrogen-bond donors (Lipinski definition) is 3. The maximum Gasteiger partial charge on any atom is 0.238 e. The lowest BCUT2D eigenvalue weighted by Gasteiger charge is -2.28. The van der Waals surface area contributed by atoms with Crippen molar-refractivity contribution < 1.29 is 8.42 Å². The van der Waals surface area contributed by atoms with Crippen molar-refractivity contribution in [1.29, 1.82) is 0 Å². The number of benzene rings is 1. The van der Waals surface area contributed by atoms with Crippen molar-refractivity contribution in [2.24, 2.45) is 5.14 Å². The standard InChI is InChI=1S/C13H21N3O2S2/c1-19-13(6-2-3-7-13)9-16-12-8-10(20(15,17)18)4-5-11(12)14/h4-5,8,16H,2-3,6-7,9,14H2,1H3,(H2,15,17,18). The molecule has 5 N–H and O–H groups in total. The number of nitrogens with two attached hydrogens (primary N) is 2. The van der Waals surface area contributed by atoms with E-state index in [0.717, 1.165) is 6.54 Å². The van der Waals surface area contributed by atoms with Crippen LogP contribution in [0.5, 0.6) is 0 Å². The Morgan fingerprint density at radius 1 is 1.35 bits per heavy atom. The molecule has 0 saturated heterocycles. The number of primary sulfonamides is 1. The average Bonchev–Trinajstić information content (AvgIpc) is 2.86. The maximum absolute atomic E-state index is 11.4. The summed E-state index contributed by atoms with van der Waals surface area (Å²) >= 11 is 1.87. The lowest BCUT2D eigenvalue weighted by Crippen LogP contribution is -2.30. The van der Waals surface area contributed by atoms with Gasteiger partial charge in [-0.05, 0) is 37.3 Å². The molecule has 1 aromatic rings. The summed E-state index contributed by atoms with van der Waals surface area (Å²) in [4.78, 5) is 0.0822. The van der Waals surface area contributed by atoms with Crippen LogP contribution in [0.3, 0.4) is 0 Å². The fourth-order valence-corrected chi connectivity index (χ4v) is 4.05. The number of rotatable bonds is 5. The van der Waals surface area contributed by atoms with E-state index in [2.05, 4.69) is 11.6 Å². The average molecular weight is 315 g/mol. The lowest BCUT2D eigenvalue weighted by molar-refractivity contribution is 0.598. The molecule has 112 valence electrons. The van der Waals surface area contributed by atoms with Crippen LogP contribution in [0.4, 0.5) is 11.4 Å². The van der Waals surface area contributed by atoms with Gasteiger partial charge in [0.15, 0.2) is 0 Å². The molecule has 0 bridgehead atoms. The van der Waals surface area contributed by atoms with Crippen LogP contribution in [0.25, 0.3) is 0 Å². The van der Waals surface area contributed by atoms with Crippen LogP contribution in [0.2, 0.25) is 0 Å². The Kier molecular flexibility index (Phi) is 4.51. The summed E-state index contributed by atoms with van der Waals surface area (Å²) < 4.78 is 23.0. The van der Waals surface area contributed by atoms with Gasteiger partial charge in [-0.3, -0.25) is 0 Å². The first-order chi connectivity index (χ1) is 9.36. The van der Waals surface area contributed by atoms with Gasteiger partial charge in [0.05, 0.1) is 16.3 Å². The van der Waals surface area contributed by atoms with Crippen LogP contribution in [0.15, 0.2) is 23.1 Å². The second kappa shape index (κ2) is 5.83. The molecule has 2 rings (SSSR count). The molecule has 0 heterocycles. The van der Waals surface area contributed by atoms with E-state index < -0.39 is 10.0 Å². The van der Waals surface area contributed by atoms with Crippen LogP contribution < -0.4 is 16.2 Å². The summed E-state index contributed by atoms with van der Waals surface area (Å²) in [7, 11) is -3.70. The van der Waals surface area contributed by atoms with Crippen molar-refractivity contribution in [1.82, 2.24) is 0 Å². The summed E-state index contributed by atoms with van der Waals surface area (Å²) in [6.07, 6.45) is 6.97. The zero-order chi connectivity index (χ0) is 14.8. The van der Waals surface area contributed by atoms with Gasteiger partial charge in [-0.2, -0.15) is 11.8 Å². The predicted molar refractivity (Wildman–Crippen MR) is 85.4 cm³/mol. The van der Waals surface area contributed by atoms with Crippen LogP contribution in [0.1, 0.15) is 25.7 Å². The highest BCUT2D eigenvalue weighted by atomic mass is 32.2. The minimum absolute atomic E-state index is 0.0822. The lowest BCUT2D eigenvalue weighted by atomic mass is 10.1. The fraction of sp³-hybridized carbons (Fsp3) is 0.538. The Hall–Kier alpha value is -0.920. The van der Waals surface area contributed by atoms with Crippen molar-refractivity contribution in [3.63, 3.8) is 0 Å². The van der Waals surface area contributed by atoms with Gasteiger partial charge >= 0.3 is 0 Å². The van der Waals surface area contributed by atoms with Gasteiger partial charge in [-0.1, -0.05) is 12.8 Å². The number of nitrogens with one attached hydrogen (secondary N) is 1. The highest BCUT2D eigenvalue weighted by molar-refractivity contribution is 8.00. The fourth-order valence-electron chi connectivity index (χ4n) is 2.59. The van der Waals surface area contributed by atoms with Crippen LogP contribution in [-0.2, 0) is 10.0 Å². The zero-order valence-corrected chi connectivity index (χ0v) is 13.2. The molecule has 0 unspecified atom stereocenters. The van der Waals surface area contributed by atoms with Crippen LogP contribution >= 0.6 is 11.8 Å². The molecule has 0 radical (unpaired) electrons. The van der Waals surface area contributed by atoms with Gasteiger partial charge in [0, 0.05) is 11.3 Å². The van der Waals surface area contributed by atoms with Crippen LogP contribution in [-0.4, -0.2) is 26.0 Å². The first-order valence-electron chi connectivity index (χ1n) is 6.58. The van der Waals surface area contributed by atoms with Gasteiger partial charge < -0.3 is 11.1 Å². The van der Waals surface area contributed by atoms with E-state index in [0.29, 0.717) is 11.4 Å². The zero-order valence-electron chi connectivity index (χ0n) is 11.6. The first kappa shape index (κ1) is 15.5. The minimum Gasteiger partial charge on any atom is -0.397 e. The summed E-state index contributed by atoms with van der Waals surface area (Å²) in [5, 5.41) is 8.44. The second-order valence-corrected chi connectivity index (χ2v) is 8.08. The third-order valence-electron chi connectivity index (χ3n) is 3.90. The molecule has 1 aromatic carbocycles. The van der Waals surface area contributed by atoms with Crippen molar-refractivity contribution >= 4 is 33.2 Å². The summed E-state index contributed by atoms with van der Waals surface area (Å²) in [5.74, 6) is 0. The van der Waals surface area contributed by atoms with Crippen molar-refractivity contribution in [3.8, 4) is 0 Å². The van der Waals surface area contributed by atoms with E-state index in [9.17, 15) is 8.42 Å². The molecule has 0 aliphatic heterocycles. The van der Waals surface area contributed by atoms with Crippen LogP contribution in [0, 0.1) is 0 Å². The number of hydrogen-bond acceptors (Lipinski definition) is 5. The topological polar surface area (TPSA) is 98.2 Å². The monoisotopic (exact) mass is 315 g/mol. The van der Waals surface area contributed by atoms with Crippen molar-refractivity contribution in [3.05, 3.63) is 18.2 Å². The summed E-state index contributed by atoms with van der Waals surface area (Å²) in [5.41, 5.74) is 7.07. The number of thioether (sulfide) groups is 1. The third-order valence-corrected chi connectivity index (χ3v) is 6.23. The Morgan fingerprint density at radius 3 is 2.55 bits per heavy atom. The molecule has 1 saturated carbocycles. The molecular weight excluding hydrogens is 294 g/mol. The largest absolute Gasteiger partial charge is 0.397 e. The summed E-state index contributed by atoms with van der Waals surface area (Å²) in [6.45, 7) is 0.784. The molecular formula is C13H21N3O2S2. The number of anilines is 2. The molecule has 1 fully saturated rings. The van der Waals surface area contributed by atoms with E-state index in [1.165, 1.54) is 37.8 Å². The van der Waals surface area contributed by atoms with E-state index in [1.807, 2.05) is 11.8 Å². The van der Waals surface area contributed by atoms with Gasteiger partial charge in [-0.15, -0.1) is 0 Å². The normalized spacial score (nSPS) is 18.1. The van der Waals surface area contributed by atoms with Gasteiger partial charge in [-0.25, -0.2) is 13.6 Å². The first-order valence-corrected chi connectivity index (χ1v) is 9.35. The maximum atomic E-state index is 11.4. The Bertz CT molecular complexity index is 581. The number of nitrogen functional groups attached to an aromatic ring is 1. The second-order valence-electron chi connectivity index (χ2n) is 5.24. The van der Waals surface area contributed by atoms with Crippen molar-refractivity contribution in [2.45, 2.75) is 35.3 Å². The Labute approximate surface area is 124 Å². The SMILES string of the molecule is CSC1(CNc2cc(S(N)(=O)=O)ccc2N)CCCC1. The van der Waals surface area contributed by atoms with Crippen molar-refractivity contribution in [2.75, 3.05) is 23.9 Å². The molecule has 0 atom stereocenters. The molecule has 1 aliphatic rings. The Morgan fingerprint density at radius 2 is 2.00 bits per heavy atom. The van der Waals surface area contributed by atoms with E-state index in [-0.39, 0.29) is 9.64 Å². The number of sulfonamides is 1. The van der Waals surface area contributed by atoms with Gasteiger partial charge in [0.1, 0.15) is 0 Å². The third kappa shape index (κ3) is 3.39. The quantitative estimate of drug-likeness (QED) is 0.722. The molecule has 5 nitrogen and oxygen atoms in total. The molecule has 0 amide bonds. The summed E-state index contributed by atoms with van der Waals surface area (Å²) in [6, 6.07) is 4.51. The van der Waals surface area contributed by atoms with Gasteiger partial charge in [0.2, 0.25) is 10.0 Å². The molecule has 0 spiro atoms. The van der Waals surface area contributed by atoms with Gasteiger partial charge in [0.25, 0.3) is 0 Å². The smallest absolute Gasteiger partial charge is 0.238 e. The minimum atomic E-state index is -3.70. The molecule has 1 aliphatic carbocycles. The predicted octanol–water partition coefficient (Wildman–Crippen LogP) is 2.00. The molecule has 20 heavy (non-hydrogen) atoms. The van der Waals surface area contributed by atoms with E-state index in [4.69, 9.17) is 10.9 Å². The van der Waals surface area contributed by atoms with E-state index in [1.54, 1.807) is 6.07 Å². The Balaban J connectivity index is 2.17. The molecule has 0 aromatic heterocycles.